The third kappa shape index (κ3) is 72.1. The lowest BCUT2D eigenvalue weighted by atomic mass is 9.87. The van der Waals surface area contributed by atoms with Crippen molar-refractivity contribution in [3.05, 3.63) is 59.7 Å². The van der Waals surface area contributed by atoms with Gasteiger partial charge in [0.25, 0.3) is 0 Å². The Bertz CT molecular complexity index is 3790. The SMILES string of the molecule is CC(=O)[C@H](CCCCNC(=O)[C@@H](N)CCCCNC(=O)COCCOCCCC(=O)COCCOCCNC(=O)CC[C@H](NC(=O)CCCCCCCCCCOc1ccc(C(=O)O)cc1)C(=O)O)CC(=O)[C@@H](C)CCCCNC(=O)[C@@H](N)CCCCCC(=O)COCCOCCNC(=O)COCCOCCCC(=O)CC[C@H](NC(=O)CCCCCCCCCCOc1ccc(C(=O)O)cc1)C(=O)O. The minimum atomic E-state index is -1.22. The number of nitrogens with two attached hydrogens (primary N) is 2. The number of carboxylic acids is 4. The van der Waals surface area contributed by atoms with Crippen molar-refractivity contribution in [1.29, 1.82) is 0 Å². The molecule has 0 saturated heterocycles. The van der Waals surface area contributed by atoms with Gasteiger partial charge in [0.15, 0.2) is 11.6 Å². The molecule has 0 unspecified atom stereocenters. The number of Topliss-reactive ketones (excluding diaryl/α,β-unsaturated/α-hetero) is 5. The van der Waals surface area contributed by atoms with Gasteiger partial charge < -0.3 is 116 Å². The Balaban J connectivity index is 1.33. The van der Waals surface area contributed by atoms with Gasteiger partial charge in [0.2, 0.25) is 41.4 Å². The van der Waals surface area contributed by atoms with Crippen LogP contribution in [0.1, 0.15) is 298 Å². The van der Waals surface area contributed by atoms with Gasteiger partial charge in [-0.2, -0.15) is 0 Å². The molecular formula is C100H163N9O30. The van der Waals surface area contributed by atoms with Gasteiger partial charge in [-0.15, -0.1) is 0 Å². The van der Waals surface area contributed by atoms with Crippen LogP contribution in [0.3, 0.4) is 0 Å². The first-order valence-corrected chi connectivity index (χ1v) is 50.1. The van der Waals surface area contributed by atoms with Crippen LogP contribution in [0.5, 0.6) is 11.5 Å². The molecule has 39 heteroatoms. The summed E-state index contributed by atoms with van der Waals surface area (Å²) in [5.74, 6) is -6.49. The van der Waals surface area contributed by atoms with Gasteiger partial charge in [-0.25, -0.2) is 19.2 Å². The summed E-state index contributed by atoms with van der Waals surface area (Å²) in [5.41, 5.74) is 12.7. The van der Waals surface area contributed by atoms with Crippen LogP contribution in [-0.4, -0.2) is 290 Å². The van der Waals surface area contributed by atoms with E-state index in [0.717, 1.165) is 89.9 Å². The number of hydrogen-bond acceptors (Lipinski definition) is 28. The van der Waals surface area contributed by atoms with Crippen LogP contribution in [0.25, 0.3) is 0 Å². The number of benzene rings is 2. The molecule has 15 N–H and O–H groups in total. The van der Waals surface area contributed by atoms with Crippen molar-refractivity contribution in [3.63, 3.8) is 0 Å². The number of carbonyl (C=O) groups excluding carboxylic acids is 12. The third-order valence-electron chi connectivity index (χ3n) is 22.7. The van der Waals surface area contributed by atoms with Crippen molar-refractivity contribution >= 4 is 94.1 Å². The first-order chi connectivity index (χ1) is 67.0. The molecular weight excluding hydrogens is 1810 g/mol. The third-order valence-corrected chi connectivity index (χ3v) is 22.7. The number of ether oxygens (including phenoxy) is 10. The normalized spacial score (nSPS) is 12.5. The van der Waals surface area contributed by atoms with E-state index in [1.54, 1.807) is 24.3 Å². The van der Waals surface area contributed by atoms with E-state index >= 15 is 0 Å². The van der Waals surface area contributed by atoms with Crippen LogP contribution in [0, 0.1) is 11.8 Å². The number of unbranched alkanes of at least 4 members (excludes halogenated alkanes) is 19. The van der Waals surface area contributed by atoms with Crippen molar-refractivity contribution in [2.75, 3.05) is 152 Å². The van der Waals surface area contributed by atoms with Gasteiger partial charge in [-0.05, 0) is 165 Å². The van der Waals surface area contributed by atoms with E-state index in [9.17, 15) is 86.9 Å². The Morgan fingerprint density at radius 1 is 0.295 bits per heavy atom. The molecule has 6 atom stereocenters. The molecule has 0 heterocycles. The molecule has 139 heavy (non-hydrogen) atoms. The number of rotatable bonds is 97. The van der Waals surface area contributed by atoms with E-state index in [-0.39, 0.29) is 257 Å². The van der Waals surface area contributed by atoms with Gasteiger partial charge >= 0.3 is 23.9 Å². The van der Waals surface area contributed by atoms with E-state index in [4.69, 9.17) is 69.0 Å². The number of amides is 7. The highest BCUT2D eigenvalue weighted by Crippen LogP contribution is 2.22. The van der Waals surface area contributed by atoms with Crippen LogP contribution < -0.4 is 58.2 Å². The lowest BCUT2D eigenvalue weighted by molar-refractivity contribution is -0.142. The van der Waals surface area contributed by atoms with Gasteiger partial charge in [-0.1, -0.05) is 110 Å². The maximum atomic E-state index is 13.2. The number of aliphatic carboxylic acids is 2. The Morgan fingerprint density at radius 2 is 0.633 bits per heavy atom. The fraction of sp³-hybridized carbons (Fsp3) is 0.720. The molecule has 2 aromatic rings. The molecule has 0 saturated carbocycles. The molecule has 2 rings (SSSR count). The highest BCUT2D eigenvalue weighted by Gasteiger charge is 2.26. The van der Waals surface area contributed by atoms with Crippen molar-refractivity contribution < 1.29 is 145 Å². The van der Waals surface area contributed by atoms with E-state index in [1.807, 2.05) is 6.92 Å². The second-order valence-electron chi connectivity index (χ2n) is 34.8. The molecule has 0 radical (unpaired) electrons. The van der Waals surface area contributed by atoms with E-state index in [1.165, 1.54) is 31.2 Å². The van der Waals surface area contributed by atoms with Crippen LogP contribution in [-0.2, 0) is 105 Å². The summed E-state index contributed by atoms with van der Waals surface area (Å²) in [6.07, 6.45) is 24.6. The second-order valence-corrected chi connectivity index (χ2v) is 34.8. The summed E-state index contributed by atoms with van der Waals surface area (Å²) in [5, 5.41) is 56.1. The lowest BCUT2D eigenvalue weighted by Gasteiger charge is -2.17. The highest BCUT2D eigenvalue weighted by molar-refractivity contribution is 5.90. The number of carboxylic acid groups (broad SMARTS) is 4. The number of aromatic carboxylic acids is 2. The molecule has 2 aromatic carbocycles. The maximum Gasteiger partial charge on any atom is 0.335 e. The van der Waals surface area contributed by atoms with Crippen molar-refractivity contribution in [2.45, 2.75) is 301 Å². The minimum Gasteiger partial charge on any atom is -0.494 e. The van der Waals surface area contributed by atoms with Gasteiger partial charge in [0.05, 0.1) is 102 Å². The molecule has 0 aliphatic rings. The van der Waals surface area contributed by atoms with E-state index in [0.29, 0.717) is 167 Å². The largest absolute Gasteiger partial charge is 0.494 e. The Kier molecular flexibility index (Phi) is 75.6. The molecule has 0 spiro atoms. The van der Waals surface area contributed by atoms with Crippen LogP contribution in [0.4, 0.5) is 0 Å². The number of hydrogen-bond donors (Lipinski definition) is 13. The molecule has 0 aliphatic carbocycles. The highest BCUT2D eigenvalue weighted by atomic mass is 16.5. The zero-order chi connectivity index (χ0) is 102. The number of nitrogens with one attached hydrogen (secondary N) is 7. The van der Waals surface area contributed by atoms with Gasteiger partial charge in [0, 0.05) is 109 Å². The van der Waals surface area contributed by atoms with Crippen LogP contribution in [0.2, 0.25) is 0 Å². The van der Waals surface area contributed by atoms with Crippen LogP contribution >= 0.6 is 0 Å². The number of carbonyl (C=O) groups is 16. The average molecular weight is 1970 g/mol. The first kappa shape index (κ1) is 125. The van der Waals surface area contributed by atoms with Crippen molar-refractivity contribution in [2.24, 2.45) is 23.3 Å². The quantitative estimate of drug-likeness (QED) is 0.0274. The van der Waals surface area contributed by atoms with Gasteiger partial charge in [0.1, 0.15) is 67.4 Å². The summed E-state index contributed by atoms with van der Waals surface area (Å²) < 4.78 is 54.8. The standard InChI is InChI=1S/C100H163N9O30/c1-75(30-20-23-52-106-95(120)85(101)35-17-15-16-32-81(112)71-134-66-65-133-61-55-105-94(119)74-137-69-62-130-56-28-33-80(111)43-48-87(99(126)127)108-91(116)37-18-11-7-3-5-9-13-26-58-138-83-44-39-77(40-45-83)97(122)123)89(114)70-79(76(2)110)31-21-24-53-107-96(121)86(102)36-22-25-51-103-93(118)73-136-68-63-131-57-29-34-82(113)72-135-67-64-132-60-54-104-90(115)50-49-88(100(128)129)109-92(117)38-19-12-8-4-6-10-14-27-59-139-84-46-41-78(42-47-84)98(124)125/h39-42,44-47,75,79,85-88H,3-38,43,48-74,101-102H2,1-2H3,(H,103,118)(H,104,115)(H,105,119)(H,106,120)(H,107,121)(H,108,116)(H,109,117)(H,122,123)(H,124,125)(H,126,127)(H,128,129)/t75-,79+,85-,86-,87-,88-/m0/s1. The fourth-order valence-electron chi connectivity index (χ4n) is 14.3. The molecule has 39 nitrogen and oxygen atoms in total. The monoisotopic (exact) mass is 1970 g/mol. The topological polar surface area (TPSA) is 583 Å². The average Bonchev–Trinajstić information content (AvgIpc) is 0.901. The van der Waals surface area contributed by atoms with Crippen molar-refractivity contribution in [1.82, 2.24) is 37.2 Å². The molecule has 0 fully saturated rings. The Morgan fingerprint density at radius 3 is 1.06 bits per heavy atom. The summed E-state index contributed by atoms with van der Waals surface area (Å²) in [4.78, 5) is 195. The zero-order valence-electron chi connectivity index (χ0n) is 82.4. The first-order valence-electron chi connectivity index (χ1n) is 50.1. The van der Waals surface area contributed by atoms with Crippen molar-refractivity contribution in [3.8, 4) is 11.5 Å². The minimum absolute atomic E-state index is 0.00207. The summed E-state index contributed by atoms with van der Waals surface area (Å²) >= 11 is 0. The summed E-state index contributed by atoms with van der Waals surface area (Å²) in [6, 6.07) is 8.85. The predicted molar refractivity (Wildman–Crippen MR) is 517 cm³/mol. The Labute approximate surface area is 819 Å². The maximum absolute atomic E-state index is 13.2. The molecule has 0 bridgehead atoms. The number of ketones is 5. The Hall–Kier alpha value is -9.84. The molecule has 0 aromatic heterocycles. The van der Waals surface area contributed by atoms with Crippen LogP contribution in [0.15, 0.2) is 48.5 Å². The fourth-order valence-corrected chi connectivity index (χ4v) is 14.3. The zero-order valence-corrected chi connectivity index (χ0v) is 82.4. The van der Waals surface area contributed by atoms with E-state index < -0.39 is 54.0 Å². The van der Waals surface area contributed by atoms with Gasteiger partial charge in [-0.3, -0.25) is 57.5 Å². The summed E-state index contributed by atoms with van der Waals surface area (Å²) in [6.45, 7) is 7.97. The summed E-state index contributed by atoms with van der Waals surface area (Å²) in [7, 11) is 0. The smallest absolute Gasteiger partial charge is 0.335 e. The molecule has 788 valence electrons. The van der Waals surface area contributed by atoms with E-state index in [2.05, 4.69) is 37.2 Å². The second kappa shape index (κ2) is 83.9. The molecule has 0 aliphatic heterocycles. The lowest BCUT2D eigenvalue weighted by Crippen LogP contribution is -2.41. The molecule has 7 amide bonds. The predicted octanol–water partition coefficient (Wildman–Crippen LogP) is 9.16.